The Labute approximate surface area is 116 Å². The molecule has 0 aliphatic carbocycles. The zero-order chi connectivity index (χ0) is 13.7. The van der Waals surface area contributed by atoms with Gasteiger partial charge in [-0.15, -0.1) is 0 Å². The van der Waals surface area contributed by atoms with Gasteiger partial charge in [0.15, 0.2) is 0 Å². The molecule has 1 atom stereocenters. The summed E-state index contributed by atoms with van der Waals surface area (Å²) in [6, 6.07) is 0. The third kappa shape index (κ3) is 4.62. The van der Waals surface area contributed by atoms with Crippen molar-refractivity contribution in [1.82, 2.24) is 15.1 Å². The Morgan fingerprint density at radius 1 is 1.33 bits per heavy atom. The summed E-state index contributed by atoms with van der Waals surface area (Å²) in [5, 5.41) is 8.62. The molecule has 1 aromatic rings. The molecule has 0 bridgehead atoms. The Morgan fingerprint density at radius 3 is 2.50 bits per heavy atom. The molecule has 1 heterocycles. The Balaban J connectivity index is 2.38. The van der Waals surface area contributed by atoms with Crippen LogP contribution in [0.1, 0.15) is 38.4 Å². The van der Waals surface area contributed by atoms with Crippen molar-refractivity contribution in [3.05, 3.63) is 16.4 Å². The highest BCUT2D eigenvalue weighted by molar-refractivity contribution is 6.30. The first kappa shape index (κ1) is 15.5. The van der Waals surface area contributed by atoms with Gasteiger partial charge in [0.1, 0.15) is 5.15 Å². The van der Waals surface area contributed by atoms with E-state index < -0.39 is 0 Å². The first-order valence-corrected chi connectivity index (χ1v) is 7.18. The van der Waals surface area contributed by atoms with E-state index in [-0.39, 0.29) is 0 Å². The van der Waals surface area contributed by atoms with Gasteiger partial charge in [-0.3, -0.25) is 4.68 Å². The minimum Gasteiger partial charge on any atom is -0.316 e. The fourth-order valence-corrected chi connectivity index (χ4v) is 2.35. The topological polar surface area (TPSA) is 29.9 Å². The summed E-state index contributed by atoms with van der Waals surface area (Å²) in [4.78, 5) is 0. The van der Waals surface area contributed by atoms with Crippen molar-refractivity contribution in [2.75, 3.05) is 13.1 Å². The van der Waals surface area contributed by atoms with Crippen LogP contribution in [-0.2, 0) is 13.5 Å². The van der Waals surface area contributed by atoms with E-state index in [0.29, 0.717) is 5.92 Å². The van der Waals surface area contributed by atoms with Crippen molar-refractivity contribution in [3.8, 4) is 0 Å². The van der Waals surface area contributed by atoms with Crippen LogP contribution in [0.15, 0.2) is 0 Å². The normalized spacial score (nSPS) is 13.3. The van der Waals surface area contributed by atoms with E-state index in [4.69, 9.17) is 11.6 Å². The average molecular weight is 272 g/mol. The van der Waals surface area contributed by atoms with E-state index in [1.54, 1.807) is 4.68 Å². The van der Waals surface area contributed by atoms with Gasteiger partial charge in [0.05, 0.1) is 5.69 Å². The maximum atomic E-state index is 6.25. The van der Waals surface area contributed by atoms with E-state index >= 15 is 0 Å². The summed E-state index contributed by atoms with van der Waals surface area (Å²) in [5.41, 5.74) is 2.26. The molecule has 18 heavy (non-hydrogen) atoms. The van der Waals surface area contributed by atoms with Gasteiger partial charge in [0.25, 0.3) is 0 Å². The molecule has 0 aliphatic heterocycles. The second kappa shape index (κ2) is 7.15. The summed E-state index contributed by atoms with van der Waals surface area (Å²) in [6.07, 6.45) is 2.19. The summed E-state index contributed by atoms with van der Waals surface area (Å²) < 4.78 is 1.76. The van der Waals surface area contributed by atoms with Crippen molar-refractivity contribution >= 4 is 11.6 Å². The third-order valence-corrected chi connectivity index (χ3v) is 3.66. The highest BCUT2D eigenvalue weighted by Crippen LogP contribution is 2.22. The first-order chi connectivity index (χ1) is 8.41. The monoisotopic (exact) mass is 271 g/mol. The summed E-state index contributed by atoms with van der Waals surface area (Å²) >= 11 is 6.25. The summed E-state index contributed by atoms with van der Waals surface area (Å²) in [6.45, 7) is 10.9. The van der Waals surface area contributed by atoms with Crippen molar-refractivity contribution in [3.63, 3.8) is 0 Å². The van der Waals surface area contributed by atoms with Gasteiger partial charge in [-0.1, -0.05) is 32.4 Å². The van der Waals surface area contributed by atoms with Crippen molar-refractivity contribution < 1.29 is 0 Å². The van der Waals surface area contributed by atoms with Gasteiger partial charge in [0.2, 0.25) is 0 Å². The van der Waals surface area contributed by atoms with Crippen molar-refractivity contribution in [2.24, 2.45) is 18.9 Å². The van der Waals surface area contributed by atoms with Gasteiger partial charge in [-0.2, -0.15) is 5.10 Å². The molecule has 0 saturated heterocycles. The van der Waals surface area contributed by atoms with Gasteiger partial charge in [0, 0.05) is 12.6 Å². The first-order valence-electron chi connectivity index (χ1n) is 6.80. The largest absolute Gasteiger partial charge is 0.316 e. The molecule has 0 aromatic carbocycles. The number of rotatable bonds is 7. The molecular weight excluding hydrogens is 246 g/mol. The quantitative estimate of drug-likeness (QED) is 0.772. The average Bonchev–Trinajstić information content (AvgIpc) is 2.51. The third-order valence-electron chi connectivity index (χ3n) is 3.19. The molecule has 104 valence electrons. The van der Waals surface area contributed by atoms with E-state index in [9.17, 15) is 0 Å². The zero-order valence-electron chi connectivity index (χ0n) is 12.3. The number of hydrogen-bond acceptors (Lipinski definition) is 2. The lowest BCUT2D eigenvalue weighted by molar-refractivity contribution is 0.473. The number of halogens is 1. The molecule has 1 unspecified atom stereocenters. The summed E-state index contributed by atoms with van der Waals surface area (Å²) in [7, 11) is 1.90. The Kier molecular flexibility index (Phi) is 6.16. The molecule has 3 nitrogen and oxygen atoms in total. The predicted octanol–water partition coefficient (Wildman–Crippen LogP) is 3.20. The van der Waals surface area contributed by atoms with Crippen LogP contribution in [0.5, 0.6) is 0 Å². The van der Waals surface area contributed by atoms with Gasteiger partial charge in [-0.25, -0.2) is 0 Å². The van der Waals surface area contributed by atoms with Crippen LogP contribution in [0.4, 0.5) is 0 Å². The number of aromatic nitrogens is 2. The van der Waals surface area contributed by atoms with Crippen LogP contribution in [-0.4, -0.2) is 22.9 Å². The van der Waals surface area contributed by atoms with Crippen molar-refractivity contribution in [2.45, 2.75) is 40.5 Å². The van der Waals surface area contributed by atoms with Crippen LogP contribution >= 0.6 is 11.6 Å². The Hall–Kier alpha value is -0.540. The fraction of sp³-hybridized carbons (Fsp3) is 0.786. The minimum absolute atomic E-state index is 0.630. The molecule has 0 fully saturated rings. The lowest BCUT2D eigenvalue weighted by Gasteiger charge is -2.13. The molecule has 1 N–H and O–H groups in total. The molecule has 0 aliphatic rings. The Bertz CT molecular complexity index is 371. The van der Waals surface area contributed by atoms with Gasteiger partial charge >= 0.3 is 0 Å². The van der Waals surface area contributed by atoms with Gasteiger partial charge in [-0.05, 0) is 44.7 Å². The van der Waals surface area contributed by atoms with E-state index in [1.807, 2.05) is 14.0 Å². The zero-order valence-corrected chi connectivity index (χ0v) is 13.0. The second-order valence-electron chi connectivity index (χ2n) is 5.67. The fourth-order valence-electron chi connectivity index (χ4n) is 2.10. The lowest BCUT2D eigenvalue weighted by atomic mass is 9.98. The number of nitrogens with zero attached hydrogens (tertiary/aromatic N) is 2. The summed E-state index contributed by atoms with van der Waals surface area (Å²) in [5.74, 6) is 1.35. The molecule has 0 amide bonds. The number of hydrogen-bond donors (Lipinski definition) is 1. The molecule has 0 radical (unpaired) electrons. The second-order valence-corrected chi connectivity index (χ2v) is 6.03. The molecular formula is C14H26ClN3. The van der Waals surface area contributed by atoms with Crippen LogP contribution in [0.3, 0.4) is 0 Å². The maximum Gasteiger partial charge on any atom is 0.130 e. The van der Waals surface area contributed by atoms with Crippen molar-refractivity contribution in [1.29, 1.82) is 0 Å². The van der Waals surface area contributed by atoms with Crippen LogP contribution < -0.4 is 5.32 Å². The Morgan fingerprint density at radius 2 is 2.00 bits per heavy atom. The standard InChI is InChI=1S/C14H26ClN3/c1-10(2)9-16-7-6-11(3)8-13-12(4)17-18(5)14(13)15/h10-11,16H,6-9H2,1-5H3. The van der Waals surface area contributed by atoms with Gasteiger partial charge < -0.3 is 5.32 Å². The molecule has 0 saturated carbocycles. The lowest BCUT2D eigenvalue weighted by Crippen LogP contribution is -2.22. The van der Waals surface area contributed by atoms with Crippen LogP contribution in [0.2, 0.25) is 5.15 Å². The van der Waals surface area contributed by atoms with Crippen LogP contribution in [0, 0.1) is 18.8 Å². The maximum absolute atomic E-state index is 6.25. The van der Waals surface area contributed by atoms with Crippen LogP contribution in [0.25, 0.3) is 0 Å². The smallest absolute Gasteiger partial charge is 0.130 e. The SMILES string of the molecule is Cc1nn(C)c(Cl)c1CC(C)CCNCC(C)C. The highest BCUT2D eigenvalue weighted by Gasteiger charge is 2.14. The highest BCUT2D eigenvalue weighted by atomic mass is 35.5. The molecule has 4 heteroatoms. The predicted molar refractivity (Wildman–Crippen MR) is 78.1 cm³/mol. The number of nitrogens with one attached hydrogen (secondary N) is 1. The van der Waals surface area contributed by atoms with E-state index in [2.05, 4.69) is 31.2 Å². The molecule has 1 rings (SSSR count). The van der Waals surface area contributed by atoms with E-state index in [0.717, 1.165) is 36.3 Å². The number of aryl methyl sites for hydroxylation is 2. The van der Waals surface area contributed by atoms with E-state index in [1.165, 1.54) is 12.0 Å². The minimum atomic E-state index is 0.630. The molecule has 0 spiro atoms. The molecule has 1 aromatic heterocycles.